The van der Waals surface area contributed by atoms with Crippen molar-refractivity contribution >= 4 is 18.0 Å². The number of esters is 1. The Balaban J connectivity index is 1.52. The number of carbonyl (C=O) groups excluding carboxylic acids is 3. The van der Waals surface area contributed by atoms with Gasteiger partial charge < -0.3 is 19.7 Å². The summed E-state index contributed by atoms with van der Waals surface area (Å²) >= 11 is 0. The molecule has 7 heteroatoms. The molecule has 0 radical (unpaired) electrons. The lowest BCUT2D eigenvalue weighted by Crippen LogP contribution is -2.60. The van der Waals surface area contributed by atoms with Crippen molar-refractivity contribution in [1.82, 2.24) is 10.2 Å². The number of amides is 2. The number of hydrogen-bond acceptors (Lipinski definition) is 5. The van der Waals surface area contributed by atoms with Crippen LogP contribution in [0.5, 0.6) is 0 Å². The molecule has 210 valence electrons. The molecule has 7 nitrogen and oxygen atoms in total. The maximum Gasteiger partial charge on any atom is 0.407 e. The van der Waals surface area contributed by atoms with E-state index in [0.29, 0.717) is 0 Å². The molecule has 0 heterocycles. The molecule has 0 aliphatic heterocycles. The first kappa shape index (κ1) is 28.9. The molecule has 2 amide bonds. The van der Waals surface area contributed by atoms with Crippen molar-refractivity contribution < 1.29 is 23.9 Å². The van der Waals surface area contributed by atoms with E-state index < -0.39 is 23.6 Å². The summed E-state index contributed by atoms with van der Waals surface area (Å²) in [6.07, 6.45) is -0.678. The quantitative estimate of drug-likeness (QED) is 0.322. The number of fused-ring (bicyclic) bond motifs is 3. The molecule has 3 aromatic rings. The molecule has 0 spiro atoms. The van der Waals surface area contributed by atoms with E-state index in [2.05, 4.69) is 29.6 Å². The van der Waals surface area contributed by atoms with Gasteiger partial charge in [-0.3, -0.25) is 4.79 Å². The third-order valence-corrected chi connectivity index (χ3v) is 7.45. The highest BCUT2D eigenvalue weighted by atomic mass is 16.5. The van der Waals surface area contributed by atoms with Gasteiger partial charge in [0.15, 0.2) is 0 Å². The predicted octanol–water partition coefficient (Wildman–Crippen LogP) is 5.92. The third kappa shape index (κ3) is 6.03. The van der Waals surface area contributed by atoms with Crippen LogP contribution in [-0.2, 0) is 25.6 Å². The van der Waals surface area contributed by atoms with Crippen molar-refractivity contribution in [2.45, 2.75) is 58.7 Å². The number of nitrogens with zero attached hydrogens (tertiary/aromatic N) is 1. The summed E-state index contributed by atoms with van der Waals surface area (Å²) in [5, 5.41) is 2.79. The van der Waals surface area contributed by atoms with E-state index in [1.807, 2.05) is 68.4 Å². The first-order valence-corrected chi connectivity index (χ1v) is 13.8. The Morgan fingerprint density at radius 3 is 1.95 bits per heavy atom. The smallest absolute Gasteiger partial charge is 0.407 e. The maximum absolute atomic E-state index is 14.0. The van der Waals surface area contributed by atoms with Gasteiger partial charge in [-0.25, -0.2) is 9.59 Å². The van der Waals surface area contributed by atoms with E-state index >= 15 is 0 Å². The van der Waals surface area contributed by atoms with Crippen LogP contribution in [0, 0.1) is 5.92 Å². The van der Waals surface area contributed by atoms with Gasteiger partial charge in [0.2, 0.25) is 5.91 Å². The average molecular weight is 543 g/mol. The highest BCUT2D eigenvalue weighted by Gasteiger charge is 2.43. The molecule has 0 fully saturated rings. The lowest BCUT2D eigenvalue weighted by molar-refractivity contribution is -0.163. The maximum atomic E-state index is 14.0. The molecular weight excluding hydrogens is 504 g/mol. The Bertz CT molecular complexity index is 1310. The first-order chi connectivity index (χ1) is 19.1. The second-order valence-electron chi connectivity index (χ2n) is 10.9. The summed E-state index contributed by atoms with van der Waals surface area (Å²) in [5.74, 6) is -1.25. The van der Waals surface area contributed by atoms with Gasteiger partial charge in [0.1, 0.15) is 18.2 Å². The summed E-state index contributed by atoms with van der Waals surface area (Å²) in [4.78, 5) is 41.5. The van der Waals surface area contributed by atoms with Crippen molar-refractivity contribution in [3.63, 3.8) is 0 Å². The standard InChI is InChI=1S/C33H38N2O5/c1-6-39-31(37)33(4,5)35(20-23-14-8-7-9-15-23)30(36)29(22(2)3)34-32(38)40-21-28-26-18-12-10-16-24(26)25-17-11-13-19-27(25)28/h7-19,22,28-29H,6,20-21H2,1-5H3,(H,34,38)/t29-/m0/s1. The number of alkyl carbamates (subject to hydrolysis) is 1. The SMILES string of the molecule is CCOC(=O)C(C)(C)N(Cc1ccccc1)C(=O)[C@@H](NC(=O)OCC1c2ccccc2-c2ccccc21)C(C)C. The lowest BCUT2D eigenvalue weighted by atomic mass is 9.96. The van der Waals surface area contributed by atoms with E-state index in [4.69, 9.17) is 9.47 Å². The van der Waals surface area contributed by atoms with Crippen LogP contribution in [0.25, 0.3) is 11.1 Å². The van der Waals surface area contributed by atoms with Gasteiger partial charge in [-0.15, -0.1) is 0 Å². The fourth-order valence-electron chi connectivity index (χ4n) is 5.18. The van der Waals surface area contributed by atoms with Crippen LogP contribution >= 0.6 is 0 Å². The molecule has 1 atom stereocenters. The second kappa shape index (κ2) is 12.4. The minimum Gasteiger partial charge on any atom is -0.464 e. The van der Waals surface area contributed by atoms with Crippen molar-refractivity contribution in [2.75, 3.05) is 13.2 Å². The molecule has 1 aliphatic rings. The zero-order chi connectivity index (χ0) is 28.9. The Kier molecular flexibility index (Phi) is 8.93. The third-order valence-electron chi connectivity index (χ3n) is 7.45. The molecule has 0 unspecified atom stereocenters. The number of ether oxygens (including phenoxy) is 2. The molecule has 3 aromatic carbocycles. The van der Waals surface area contributed by atoms with Crippen molar-refractivity contribution in [3.05, 3.63) is 95.6 Å². The second-order valence-corrected chi connectivity index (χ2v) is 10.9. The van der Waals surface area contributed by atoms with Gasteiger partial charge in [-0.05, 0) is 54.5 Å². The van der Waals surface area contributed by atoms with Gasteiger partial charge in [0, 0.05) is 12.5 Å². The van der Waals surface area contributed by atoms with Gasteiger partial charge in [-0.1, -0.05) is 92.7 Å². The lowest BCUT2D eigenvalue weighted by Gasteiger charge is -2.39. The minimum absolute atomic E-state index is 0.0938. The number of nitrogens with one attached hydrogen (secondary N) is 1. The number of carbonyl (C=O) groups is 3. The van der Waals surface area contributed by atoms with Crippen molar-refractivity contribution in [2.24, 2.45) is 5.92 Å². The molecule has 0 bridgehead atoms. The minimum atomic E-state index is -1.26. The molecule has 40 heavy (non-hydrogen) atoms. The monoisotopic (exact) mass is 542 g/mol. The van der Waals surface area contributed by atoms with Crippen molar-refractivity contribution in [3.8, 4) is 11.1 Å². The van der Waals surface area contributed by atoms with Crippen LogP contribution in [0.15, 0.2) is 78.9 Å². The first-order valence-electron chi connectivity index (χ1n) is 13.8. The van der Waals surface area contributed by atoms with Crippen LogP contribution in [0.3, 0.4) is 0 Å². The Morgan fingerprint density at radius 2 is 1.40 bits per heavy atom. The van der Waals surface area contributed by atoms with Gasteiger partial charge in [0.25, 0.3) is 0 Å². The fourth-order valence-corrected chi connectivity index (χ4v) is 5.18. The zero-order valence-electron chi connectivity index (χ0n) is 23.8. The highest BCUT2D eigenvalue weighted by Crippen LogP contribution is 2.44. The fraction of sp³-hybridized carbons (Fsp3) is 0.364. The van der Waals surface area contributed by atoms with E-state index in [-0.39, 0.29) is 37.5 Å². The van der Waals surface area contributed by atoms with E-state index in [1.54, 1.807) is 20.8 Å². The largest absolute Gasteiger partial charge is 0.464 e. The molecule has 0 saturated heterocycles. The number of benzene rings is 3. The van der Waals surface area contributed by atoms with Crippen LogP contribution in [0.4, 0.5) is 4.79 Å². The predicted molar refractivity (Wildman–Crippen MR) is 155 cm³/mol. The summed E-state index contributed by atoms with van der Waals surface area (Å²) in [6.45, 7) is 9.28. The summed E-state index contributed by atoms with van der Waals surface area (Å²) in [7, 11) is 0. The van der Waals surface area contributed by atoms with E-state index in [9.17, 15) is 14.4 Å². The van der Waals surface area contributed by atoms with Crippen LogP contribution < -0.4 is 5.32 Å². The van der Waals surface area contributed by atoms with Crippen LogP contribution in [0.2, 0.25) is 0 Å². The molecule has 4 rings (SSSR count). The van der Waals surface area contributed by atoms with Crippen molar-refractivity contribution in [1.29, 1.82) is 0 Å². The van der Waals surface area contributed by atoms with Gasteiger partial charge in [-0.2, -0.15) is 0 Å². The topological polar surface area (TPSA) is 84.9 Å². The van der Waals surface area contributed by atoms with Gasteiger partial charge in [0.05, 0.1) is 6.61 Å². The summed E-state index contributed by atoms with van der Waals surface area (Å²) in [5.41, 5.74) is 4.09. The highest BCUT2D eigenvalue weighted by molar-refractivity contribution is 5.91. The molecule has 1 aliphatic carbocycles. The Morgan fingerprint density at radius 1 is 0.850 bits per heavy atom. The van der Waals surface area contributed by atoms with Crippen LogP contribution in [-0.4, -0.2) is 47.7 Å². The molecule has 1 N–H and O–H groups in total. The summed E-state index contributed by atoms with van der Waals surface area (Å²) in [6, 6.07) is 24.8. The van der Waals surface area contributed by atoms with E-state index in [1.165, 1.54) is 4.90 Å². The molecule has 0 saturated carbocycles. The summed E-state index contributed by atoms with van der Waals surface area (Å²) < 4.78 is 11.0. The van der Waals surface area contributed by atoms with Gasteiger partial charge >= 0.3 is 12.1 Å². The molecule has 0 aromatic heterocycles. The normalized spacial score (nSPS) is 13.2. The Labute approximate surface area is 236 Å². The number of rotatable bonds is 10. The molecular formula is C33H38N2O5. The van der Waals surface area contributed by atoms with Crippen LogP contribution in [0.1, 0.15) is 57.2 Å². The van der Waals surface area contributed by atoms with E-state index in [0.717, 1.165) is 27.8 Å². The average Bonchev–Trinajstić information content (AvgIpc) is 3.27. The number of hydrogen-bond donors (Lipinski definition) is 1. The zero-order valence-corrected chi connectivity index (χ0v) is 23.8. The Hall–Kier alpha value is -4.13.